The first-order chi connectivity index (χ1) is 31.7. The quantitative estimate of drug-likeness (QED) is 0.158. The van der Waals surface area contributed by atoms with Gasteiger partial charge in [-0.3, -0.25) is 0 Å². The van der Waals surface area contributed by atoms with Gasteiger partial charge in [0.15, 0.2) is 0 Å². The highest BCUT2D eigenvalue weighted by Gasteiger charge is 2.39. The van der Waals surface area contributed by atoms with Crippen LogP contribution in [-0.4, -0.2) is 10.6 Å². The molecule has 1 aliphatic heterocycles. The zero-order valence-corrected chi connectivity index (χ0v) is 37.2. The van der Waals surface area contributed by atoms with E-state index in [-0.39, 0.29) is 18.0 Å². The molecule has 2 aromatic heterocycles. The van der Waals surface area contributed by atoms with Crippen LogP contribution in [0.25, 0.3) is 58.7 Å². The molecule has 308 valence electrons. The molecule has 0 fully saturated rings. The molecule has 0 spiro atoms. The number of benzene rings is 6. The summed E-state index contributed by atoms with van der Waals surface area (Å²) in [7, 11) is 0. The van der Waals surface area contributed by atoms with Gasteiger partial charge in [0.2, 0.25) is 0 Å². The summed E-state index contributed by atoms with van der Waals surface area (Å²) in [4.78, 5) is 5.13. The number of hydrogen-bond donors (Lipinski definition) is 0. The molecule has 4 heteroatoms. The molecule has 64 heavy (non-hydrogen) atoms. The fraction of sp³-hybridized carbons (Fsp3) is 0.133. The highest BCUT2D eigenvalue weighted by atomic mass is 32.2. The normalized spacial score (nSPS) is 20.2. The SMILES string of the molecule is C1=CC(C2=CC3c4cc(Sc5ccc6c(c5)c5cc(-c7ccccc7)ccc5n6C5C=C(c6ccc7sc8ccccc8c7c6)C=CC5)ccc4N(C4=CCCC=C4)C3C=C2)=CCC1. The van der Waals surface area contributed by atoms with Crippen LogP contribution in [-0.2, 0) is 0 Å². The predicted molar refractivity (Wildman–Crippen MR) is 275 cm³/mol. The van der Waals surface area contributed by atoms with Gasteiger partial charge in [0, 0.05) is 69.1 Å². The number of hydrogen-bond acceptors (Lipinski definition) is 3. The summed E-state index contributed by atoms with van der Waals surface area (Å²) < 4.78 is 5.29. The van der Waals surface area contributed by atoms with Gasteiger partial charge in [-0.25, -0.2) is 0 Å². The van der Waals surface area contributed by atoms with Gasteiger partial charge in [0.1, 0.15) is 0 Å². The van der Waals surface area contributed by atoms with Crippen molar-refractivity contribution in [1.29, 1.82) is 0 Å². The van der Waals surface area contributed by atoms with Gasteiger partial charge in [0.25, 0.3) is 0 Å². The van der Waals surface area contributed by atoms with Crippen LogP contribution in [0, 0.1) is 0 Å². The van der Waals surface area contributed by atoms with Crippen molar-refractivity contribution in [1.82, 2.24) is 4.57 Å². The lowest BCUT2D eigenvalue weighted by Gasteiger charge is -2.31. The molecule has 0 saturated heterocycles. The van der Waals surface area contributed by atoms with E-state index < -0.39 is 0 Å². The van der Waals surface area contributed by atoms with Crippen LogP contribution >= 0.6 is 23.1 Å². The molecule has 5 aliphatic rings. The molecule has 0 bridgehead atoms. The van der Waals surface area contributed by atoms with Crippen LogP contribution in [0.1, 0.15) is 55.2 Å². The molecule has 0 saturated carbocycles. The number of thiophene rings is 1. The number of fused-ring (bicyclic) bond motifs is 9. The van der Waals surface area contributed by atoms with Gasteiger partial charge in [0.05, 0.1) is 12.1 Å². The van der Waals surface area contributed by atoms with Crippen LogP contribution in [0.4, 0.5) is 5.69 Å². The molecule has 8 aromatic rings. The lowest BCUT2D eigenvalue weighted by Crippen LogP contribution is -2.32. The third-order valence-corrected chi connectivity index (χ3v) is 16.0. The standard InChI is InChI=1S/C60H46N2S2/c1-4-13-39(14-5-1)42-23-28-55-50(34-42)52-37-47(26-30-57(52)61(55)45-18-8-3-9-19-45)63-48-27-31-58-53(38-48)51-35-43(40-15-6-2-7-16-40)24-29-56(51)62(58)46-20-12-17-41(33-46)44-25-32-60-54(36-44)49-21-10-11-22-59(49)64-60/h2,4,6-8,10-19,21-38,46,50,55H,1,3,5,9,20H2. The summed E-state index contributed by atoms with van der Waals surface area (Å²) in [6.07, 6.45) is 34.1. The summed E-state index contributed by atoms with van der Waals surface area (Å²) in [5.74, 6) is 0.286. The van der Waals surface area contributed by atoms with Gasteiger partial charge in [-0.15, -0.1) is 11.3 Å². The summed E-state index contributed by atoms with van der Waals surface area (Å²) in [6, 6.07) is 48.6. The van der Waals surface area contributed by atoms with Crippen LogP contribution in [0.3, 0.4) is 0 Å². The van der Waals surface area contributed by atoms with Crippen molar-refractivity contribution in [2.24, 2.45) is 0 Å². The highest BCUT2D eigenvalue weighted by molar-refractivity contribution is 7.99. The molecule has 3 unspecified atom stereocenters. The molecule has 0 radical (unpaired) electrons. The Morgan fingerprint density at radius 3 is 2.14 bits per heavy atom. The van der Waals surface area contributed by atoms with Crippen molar-refractivity contribution >= 4 is 76.3 Å². The number of allylic oxidation sites excluding steroid dienone is 13. The van der Waals surface area contributed by atoms with Gasteiger partial charge in [-0.2, -0.15) is 0 Å². The van der Waals surface area contributed by atoms with Crippen LogP contribution < -0.4 is 4.90 Å². The minimum Gasteiger partial charge on any atom is -0.334 e. The minimum absolute atomic E-state index is 0.181. The predicted octanol–water partition coefficient (Wildman–Crippen LogP) is 16.8. The molecule has 4 aliphatic carbocycles. The lowest BCUT2D eigenvalue weighted by atomic mass is 9.85. The average molecular weight is 859 g/mol. The van der Waals surface area contributed by atoms with E-state index in [0.717, 1.165) is 32.1 Å². The maximum atomic E-state index is 2.60. The Morgan fingerprint density at radius 2 is 1.27 bits per heavy atom. The van der Waals surface area contributed by atoms with Crippen molar-refractivity contribution in [2.75, 3.05) is 4.90 Å². The topological polar surface area (TPSA) is 8.17 Å². The van der Waals surface area contributed by atoms with E-state index in [9.17, 15) is 0 Å². The van der Waals surface area contributed by atoms with E-state index in [1.54, 1.807) is 0 Å². The fourth-order valence-electron chi connectivity index (χ4n) is 10.9. The van der Waals surface area contributed by atoms with E-state index in [2.05, 4.69) is 210 Å². The molecule has 3 heterocycles. The number of rotatable bonds is 7. The van der Waals surface area contributed by atoms with Crippen molar-refractivity contribution in [3.63, 3.8) is 0 Å². The third-order valence-electron chi connectivity index (χ3n) is 13.9. The maximum absolute atomic E-state index is 2.60. The Morgan fingerprint density at radius 1 is 0.516 bits per heavy atom. The lowest BCUT2D eigenvalue weighted by molar-refractivity contribution is 0.650. The van der Waals surface area contributed by atoms with E-state index >= 15 is 0 Å². The van der Waals surface area contributed by atoms with E-state index in [0.29, 0.717) is 0 Å². The Bertz CT molecular complexity index is 3470. The molecule has 2 nitrogen and oxygen atoms in total. The van der Waals surface area contributed by atoms with Crippen molar-refractivity contribution in [3.05, 3.63) is 228 Å². The summed E-state index contributed by atoms with van der Waals surface area (Å²) in [6.45, 7) is 0. The number of nitrogens with zero attached hydrogens (tertiary/aromatic N) is 2. The van der Waals surface area contributed by atoms with E-state index in [4.69, 9.17) is 0 Å². The average Bonchev–Trinajstić information content (AvgIpc) is 4.01. The summed E-state index contributed by atoms with van der Waals surface area (Å²) in [5, 5.41) is 5.29. The van der Waals surface area contributed by atoms with Gasteiger partial charge in [-0.1, -0.05) is 139 Å². The second kappa shape index (κ2) is 15.6. The maximum Gasteiger partial charge on any atom is 0.0629 e. The molecular weight excluding hydrogens is 813 g/mol. The largest absolute Gasteiger partial charge is 0.334 e. The molecule has 13 rings (SSSR count). The first-order valence-corrected chi connectivity index (χ1v) is 24.5. The van der Waals surface area contributed by atoms with Gasteiger partial charge >= 0.3 is 0 Å². The Kier molecular flexibility index (Phi) is 9.24. The van der Waals surface area contributed by atoms with E-state index in [1.807, 2.05) is 23.1 Å². The van der Waals surface area contributed by atoms with Crippen molar-refractivity contribution in [2.45, 2.75) is 59.9 Å². The van der Waals surface area contributed by atoms with E-state index in [1.165, 1.54) is 102 Å². The summed E-state index contributed by atoms with van der Waals surface area (Å²) in [5.41, 5.74) is 14.4. The molecule has 6 aromatic carbocycles. The molecule has 3 atom stereocenters. The number of anilines is 1. The van der Waals surface area contributed by atoms with Crippen molar-refractivity contribution in [3.8, 4) is 11.1 Å². The van der Waals surface area contributed by atoms with Gasteiger partial charge in [-0.05, 0) is 144 Å². The van der Waals surface area contributed by atoms with Crippen LogP contribution in [0.5, 0.6) is 0 Å². The van der Waals surface area contributed by atoms with Crippen LogP contribution in [0.2, 0.25) is 0 Å². The zero-order chi connectivity index (χ0) is 42.1. The Balaban J connectivity index is 0.896. The molecule has 0 N–H and O–H groups in total. The third kappa shape index (κ3) is 6.46. The van der Waals surface area contributed by atoms with Gasteiger partial charge < -0.3 is 9.47 Å². The first-order valence-electron chi connectivity index (χ1n) is 22.9. The fourth-order valence-corrected chi connectivity index (χ4v) is 12.9. The first kappa shape index (κ1) is 37.9. The monoisotopic (exact) mass is 858 g/mol. The Labute approximate surface area is 382 Å². The summed E-state index contributed by atoms with van der Waals surface area (Å²) >= 11 is 3.77. The highest BCUT2D eigenvalue weighted by Crippen LogP contribution is 2.50. The molecule has 0 amide bonds. The van der Waals surface area contributed by atoms with Crippen molar-refractivity contribution < 1.29 is 0 Å². The second-order valence-electron chi connectivity index (χ2n) is 17.7. The number of aromatic nitrogens is 1. The smallest absolute Gasteiger partial charge is 0.0629 e. The zero-order valence-electron chi connectivity index (χ0n) is 35.5. The molecular formula is C60H46N2S2. The second-order valence-corrected chi connectivity index (χ2v) is 20.0. The van der Waals surface area contributed by atoms with Crippen LogP contribution in [0.15, 0.2) is 227 Å². The Hall–Kier alpha value is -6.59. The minimum atomic E-state index is 0.181.